The van der Waals surface area contributed by atoms with Crippen LogP contribution in [-0.4, -0.2) is 21.5 Å². The molecule has 2 heterocycles. The first-order valence-corrected chi connectivity index (χ1v) is 6.43. The van der Waals surface area contributed by atoms with E-state index in [-0.39, 0.29) is 0 Å². The molecule has 4 nitrogen and oxygen atoms in total. The molecule has 2 aromatic heterocycles. The summed E-state index contributed by atoms with van der Waals surface area (Å²) in [5, 5.41) is 15.7. The molecule has 0 unspecified atom stereocenters. The summed E-state index contributed by atoms with van der Waals surface area (Å²) in [4.78, 5) is 0. The first-order chi connectivity index (χ1) is 7.88. The molecule has 2 rings (SSSR count). The molecule has 0 aromatic carbocycles. The van der Waals surface area contributed by atoms with Crippen molar-refractivity contribution in [2.24, 2.45) is 0 Å². The molecular formula is C11H16N4S. The van der Waals surface area contributed by atoms with Crippen molar-refractivity contribution in [2.75, 3.05) is 6.54 Å². The second-order valence-corrected chi connectivity index (χ2v) is 4.41. The fraction of sp³-hybridized carbons (Fsp3) is 0.455. The van der Waals surface area contributed by atoms with Gasteiger partial charge < -0.3 is 5.32 Å². The van der Waals surface area contributed by atoms with Gasteiger partial charge in [0.15, 0.2) is 0 Å². The average molecular weight is 236 g/mol. The van der Waals surface area contributed by atoms with Crippen molar-refractivity contribution in [2.45, 2.75) is 26.4 Å². The van der Waals surface area contributed by atoms with Crippen LogP contribution in [0.2, 0.25) is 0 Å². The van der Waals surface area contributed by atoms with Crippen molar-refractivity contribution < 1.29 is 0 Å². The van der Waals surface area contributed by atoms with E-state index in [4.69, 9.17) is 0 Å². The Bertz CT molecular complexity index is 407. The van der Waals surface area contributed by atoms with Crippen molar-refractivity contribution in [3.05, 3.63) is 34.3 Å². The summed E-state index contributed by atoms with van der Waals surface area (Å²) in [6.45, 7) is 4.74. The second kappa shape index (κ2) is 5.77. The molecule has 0 radical (unpaired) electrons. The molecular weight excluding hydrogens is 220 g/mol. The molecule has 0 aliphatic rings. The highest BCUT2D eigenvalue weighted by Gasteiger charge is 2.00. The van der Waals surface area contributed by atoms with Gasteiger partial charge in [-0.3, -0.25) is 4.68 Å². The fourth-order valence-electron chi connectivity index (χ4n) is 1.46. The molecule has 16 heavy (non-hydrogen) atoms. The molecule has 0 spiro atoms. The lowest BCUT2D eigenvalue weighted by Gasteiger charge is -1.97. The average Bonchev–Trinajstić information content (AvgIpc) is 2.95. The Labute approximate surface area is 99.3 Å². The summed E-state index contributed by atoms with van der Waals surface area (Å²) < 4.78 is 1.91. The minimum absolute atomic E-state index is 0.801. The monoisotopic (exact) mass is 236 g/mol. The Kier molecular flexibility index (Phi) is 4.07. The molecule has 86 valence electrons. The highest BCUT2D eigenvalue weighted by molar-refractivity contribution is 7.07. The number of rotatable bonds is 6. The third kappa shape index (κ3) is 3.15. The molecule has 0 atom stereocenters. The van der Waals surface area contributed by atoms with Gasteiger partial charge in [-0.2, -0.15) is 11.3 Å². The lowest BCUT2D eigenvalue weighted by Crippen LogP contribution is -2.11. The van der Waals surface area contributed by atoms with Crippen LogP contribution in [0.4, 0.5) is 0 Å². The lowest BCUT2D eigenvalue weighted by molar-refractivity contribution is 0.589. The molecule has 1 N–H and O–H groups in total. The number of nitrogens with zero attached hydrogens (tertiary/aromatic N) is 3. The Morgan fingerprint density at radius 3 is 3.19 bits per heavy atom. The quantitative estimate of drug-likeness (QED) is 0.830. The van der Waals surface area contributed by atoms with E-state index in [9.17, 15) is 0 Å². The van der Waals surface area contributed by atoms with E-state index in [1.165, 1.54) is 5.56 Å². The molecule has 0 saturated heterocycles. The maximum Gasteiger partial charge on any atom is 0.0964 e. The summed E-state index contributed by atoms with van der Waals surface area (Å²) >= 11 is 1.74. The smallest absolute Gasteiger partial charge is 0.0964 e. The van der Waals surface area contributed by atoms with E-state index in [1.54, 1.807) is 11.3 Å². The topological polar surface area (TPSA) is 42.7 Å². The molecule has 0 fully saturated rings. The van der Waals surface area contributed by atoms with Crippen LogP contribution in [0.5, 0.6) is 0 Å². The Morgan fingerprint density at radius 1 is 1.50 bits per heavy atom. The van der Waals surface area contributed by atoms with Gasteiger partial charge in [-0.1, -0.05) is 12.1 Å². The third-order valence-electron chi connectivity index (χ3n) is 2.35. The summed E-state index contributed by atoms with van der Waals surface area (Å²) in [7, 11) is 0. The zero-order valence-corrected chi connectivity index (χ0v) is 10.2. The zero-order valence-electron chi connectivity index (χ0n) is 9.39. The molecule has 5 heteroatoms. The highest BCUT2D eigenvalue weighted by Crippen LogP contribution is 2.07. The maximum absolute atomic E-state index is 4.11. The van der Waals surface area contributed by atoms with Crippen LogP contribution in [0.15, 0.2) is 23.0 Å². The van der Waals surface area contributed by atoms with Gasteiger partial charge in [0.2, 0.25) is 0 Å². The van der Waals surface area contributed by atoms with Gasteiger partial charge in [-0.25, -0.2) is 0 Å². The second-order valence-electron chi connectivity index (χ2n) is 3.63. The van der Waals surface area contributed by atoms with Gasteiger partial charge in [-0.15, -0.1) is 5.10 Å². The van der Waals surface area contributed by atoms with E-state index in [0.29, 0.717) is 0 Å². The van der Waals surface area contributed by atoms with Crippen LogP contribution < -0.4 is 5.32 Å². The zero-order chi connectivity index (χ0) is 11.2. The fourth-order valence-corrected chi connectivity index (χ4v) is 2.16. The van der Waals surface area contributed by atoms with E-state index in [1.807, 2.05) is 10.9 Å². The van der Waals surface area contributed by atoms with Crippen LogP contribution in [-0.2, 0) is 19.5 Å². The van der Waals surface area contributed by atoms with Gasteiger partial charge in [0.25, 0.3) is 0 Å². The first-order valence-electron chi connectivity index (χ1n) is 5.49. The largest absolute Gasteiger partial charge is 0.311 e. The van der Waals surface area contributed by atoms with Crippen LogP contribution in [0, 0.1) is 0 Å². The van der Waals surface area contributed by atoms with E-state index in [2.05, 4.69) is 39.4 Å². The van der Waals surface area contributed by atoms with Crippen molar-refractivity contribution in [1.82, 2.24) is 20.3 Å². The molecule has 0 bridgehead atoms. The van der Waals surface area contributed by atoms with Crippen molar-refractivity contribution in [3.8, 4) is 0 Å². The molecule has 0 amide bonds. The number of thiophene rings is 1. The minimum atomic E-state index is 0.801. The number of aromatic nitrogens is 3. The molecule has 2 aromatic rings. The Hall–Kier alpha value is -1.20. The van der Waals surface area contributed by atoms with Gasteiger partial charge in [0.1, 0.15) is 0 Å². The summed E-state index contributed by atoms with van der Waals surface area (Å²) in [5.74, 6) is 0. The van der Waals surface area contributed by atoms with Crippen molar-refractivity contribution >= 4 is 11.3 Å². The predicted octanol–water partition coefficient (Wildman–Crippen LogP) is 1.69. The van der Waals surface area contributed by atoms with Gasteiger partial charge >= 0.3 is 0 Å². The molecule has 0 saturated carbocycles. The lowest BCUT2D eigenvalue weighted by atomic mass is 10.2. The normalized spacial score (nSPS) is 10.8. The highest BCUT2D eigenvalue weighted by atomic mass is 32.1. The number of aryl methyl sites for hydroxylation is 2. The van der Waals surface area contributed by atoms with Crippen molar-refractivity contribution in [1.29, 1.82) is 0 Å². The number of nitrogens with one attached hydrogen (secondary N) is 1. The minimum Gasteiger partial charge on any atom is -0.311 e. The first kappa shape index (κ1) is 11.3. The predicted molar refractivity (Wildman–Crippen MR) is 65.4 cm³/mol. The van der Waals surface area contributed by atoms with Crippen LogP contribution in [0.3, 0.4) is 0 Å². The van der Waals surface area contributed by atoms with E-state index < -0.39 is 0 Å². The van der Waals surface area contributed by atoms with Crippen LogP contribution >= 0.6 is 11.3 Å². The van der Waals surface area contributed by atoms with E-state index in [0.717, 1.165) is 31.7 Å². The summed E-state index contributed by atoms with van der Waals surface area (Å²) in [5.41, 5.74) is 2.38. The van der Waals surface area contributed by atoms with Crippen LogP contribution in [0.25, 0.3) is 0 Å². The third-order valence-corrected chi connectivity index (χ3v) is 3.08. The SMILES string of the molecule is CCNCc1cn(CCc2ccsc2)nn1. The van der Waals surface area contributed by atoms with Gasteiger partial charge in [0.05, 0.1) is 5.69 Å². The maximum atomic E-state index is 4.11. The van der Waals surface area contributed by atoms with E-state index >= 15 is 0 Å². The summed E-state index contributed by atoms with van der Waals surface area (Å²) in [6.07, 6.45) is 3.03. The van der Waals surface area contributed by atoms with Crippen LogP contribution in [0.1, 0.15) is 18.2 Å². The molecule has 0 aliphatic carbocycles. The number of hydrogen-bond donors (Lipinski definition) is 1. The Balaban J connectivity index is 1.83. The Morgan fingerprint density at radius 2 is 2.44 bits per heavy atom. The van der Waals surface area contributed by atoms with Crippen molar-refractivity contribution in [3.63, 3.8) is 0 Å². The summed E-state index contributed by atoms with van der Waals surface area (Å²) in [6, 6.07) is 2.15. The van der Waals surface area contributed by atoms with Gasteiger partial charge in [0, 0.05) is 19.3 Å². The number of hydrogen-bond acceptors (Lipinski definition) is 4. The molecule has 0 aliphatic heterocycles. The standard InChI is InChI=1S/C11H16N4S/c1-2-12-7-11-8-15(14-13-11)5-3-10-4-6-16-9-10/h4,6,8-9,12H,2-3,5,7H2,1H3. The van der Waals surface area contributed by atoms with Gasteiger partial charge in [-0.05, 0) is 35.4 Å².